The van der Waals surface area contributed by atoms with Gasteiger partial charge in [0.1, 0.15) is 6.42 Å². The molecule has 1 fully saturated rings. The number of rotatable bonds is 2. The molecule has 1 unspecified atom stereocenters. The van der Waals surface area contributed by atoms with Gasteiger partial charge < -0.3 is 9.88 Å². The van der Waals surface area contributed by atoms with Crippen molar-refractivity contribution in [1.29, 1.82) is 5.26 Å². The number of carbonyl (C=O) groups excluding carboxylic acids is 1. The Morgan fingerprint density at radius 3 is 3.22 bits per heavy atom. The Morgan fingerprint density at radius 1 is 1.43 bits per heavy atom. The van der Waals surface area contributed by atoms with E-state index in [-0.39, 0.29) is 18.2 Å². The van der Waals surface area contributed by atoms with Gasteiger partial charge in [-0.15, -0.1) is 0 Å². The number of pyridine rings is 1. The molecule has 7 heteroatoms. The first-order valence-electron chi connectivity index (χ1n) is 7.49. The van der Waals surface area contributed by atoms with Crippen LogP contribution in [0.25, 0.3) is 21.9 Å². The van der Waals surface area contributed by atoms with E-state index in [0.29, 0.717) is 18.7 Å². The van der Waals surface area contributed by atoms with Gasteiger partial charge in [-0.25, -0.2) is 15.0 Å². The van der Waals surface area contributed by atoms with Crippen LogP contribution in [0.1, 0.15) is 24.5 Å². The summed E-state index contributed by atoms with van der Waals surface area (Å²) in [6.45, 7) is 1.30. The third-order valence-corrected chi connectivity index (χ3v) is 4.39. The lowest BCUT2D eigenvalue weighted by Crippen LogP contribution is -2.27. The Hall–Kier alpha value is -3.01. The summed E-state index contributed by atoms with van der Waals surface area (Å²) in [5.41, 5.74) is 2.58. The van der Waals surface area contributed by atoms with Crippen molar-refractivity contribution < 1.29 is 4.79 Å². The molecule has 0 radical (unpaired) electrons. The Kier molecular flexibility index (Phi) is 3.15. The zero-order valence-corrected chi connectivity index (χ0v) is 12.4. The number of fused-ring (bicyclic) bond motifs is 3. The van der Waals surface area contributed by atoms with Gasteiger partial charge in [-0.3, -0.25) is 4.79 Å². The topological polar surface area (TPSA) is 98.6 Å². The summed E-state index contributed by atoms with van der Waals surface area (Å²) in [4.78, 5) is 29.9. The van der Waals surface area contributed by atoms with E-state index in [9.17, 15) is 4.79 Å². The van der Waals surface area contributed by atoms with Gasteiger partial charge in [0.05, 0.1) is 24.1 Å². The van der Waals surface area contributed by atoms with Gasteiger partial charge in [0.15, 0.2) is 5.65 Å². The quantitative estimate of drug-likeness (QED) is 0.777. The summed E-state index contributed by atoms with van der Waals surface area (Å²) in [7, 11) is 0. The second kappa shape index (κ2) is 5.32. The van der Waals surface area contributed by atoms with Crippen LogP contribution in [-0.4, -0.2) is 43.8 Å². The summed E-state index contributed by atoms with van der Waals surface area (Å²) in [6, 6.07) is 3.87. The lowest BCUT2D eigenvalue weighted by molar-refractivity contribution is -0.129. The Bertz CT molecular complexity index is 941. The molecule has 1 saturated heterocycles. The molecule has 0 saturated carbocycles. The first kappa shape index (κ1) is 13.6. The lowest BCUT2D eigenvalue weighted by Gasteiger charge is -2.16. The number of nitriles is 1. The van der Waals surface area contributed by atoms with Crippen molar-refractivity contribution in [3.05, 3.63) is 30.5 Å². The number of nitrogens with zero attached hydrogens (tertiary/aromatic N) is 5. The van der Waals surface area contributed by atoms with E-state index in [1.165, 1.54) is 0 Å². The first-order chi connectivity index (χ1) is 11.3. The van der Waals surface area contributed by atoms with Crippen LogP contribution in [-0.2, 0) is 4.79 Å². The normalized spacial score (nSPS) is 17.7. The van der Waals surface area contributed by atoms with Crippen LogP contribution in [0.5, 0.6) is 0 Å². The van der Waals surface area contributed by atoms with Crippen LogP contribution >= 0.6 is 0 Å². The van der Waals surface area contributed by atoms with Crippen LogP contribution in [0.3, 0.4) is 0 Å². The van der Waals surface area contributed by atoms with Crippen molar-refractivity contribution in [2.24, 2.45) is 0 Å². The smallest absolute Gasteiger partial charge is 0.236 e. The van der Waals surface area contributed by atoms with E-state index >= 15 is 0 Å². The number of hydrogen-bond acceptors (Lipinski definition) is 5. The first-order valence-corrected chi connectivity index (χ1v) is 7.49. The zero-order valence-electron chi connectivity index (χ0n) is 12.4. The largest absolute Gasteiger partial charge is 0.349 e. The fourth-order valence-electron chi connectivity index (χ4n) is 3.30. The van der Waals surface area contributed by atoms with Crippen LogP contribution < -0.4 is 0 Å². The molecule has 0 aliphatic carbocycles. The highest BCUT2D eigenvalue weighted by atomic mass is 16.2. The zero-order chi connectivity index (χ0) is 15.8. The fourth-order valence-corrected chi connectivity index (χ4v) is 3.30. The predicted octanol–water partition coefficient (Wildman–Crippen LogP) is 1.74. The van der Waals surface area contributed by atoms with E-state index in [2.05, 4.69) is 19.9 Å². The molecule has 1 aliphatic heterocycles. The highest BCUT2D eigenvalue weighted by Gasteiger charge is 2.29. The molecule has 23 heavy (non-hydrogen) atoms. The molecule has 1 aliphatic rings. The summed E-state index contributed by atoms with van der Waals surface area (Å²) >= 11 is 0. The Balaban J connectivity index is 1.76. The Labute approximate surface area is 132 Å². The second-order valence-corrected chi connectivity index (χ2v) is 5.68. The number of aromatic amines is 1. The van der Waals surface area contributed by atoms with E-state index in [1.807, 2.05) is 12.1 Å². The maximum atomic E-state index is 11.9. The van der Waals surface area contributed by atoms with Crippen molar-refractivity contribution in [3.63, 3.8) is 0 Å². The maximum Gasteiger partial charge on any atom is 0.236 e. The summed E-state index contributed by atoms with van der Waals surface area (Å²) in [5, 5.41) is 10.7. The number of amides is 1. The minimum Gasteiger partial charge on any atom is -0.349 e. The van der Waals surface area contributed by atoms with E-state index < -0.39 is 0 Å². The maximum absolute atomic E-state index is 11.9. The van der Waals surface area contributed by atoms with Gasteiger partial charge in [0, 0.05) is 41.7 Å². The minimum atomic E-state index is -0.102. The van der Waals surface area contributed by atoms with Crippen molar-refractivity contribution in [2.75, 3.05) is 13.1 Å². The van der Waals surface area contributed by atoms with Gasteiger partial charge in [-0.1, -0.05) is 0 Å². The summed E-state index contributed by atoms with van der Waals surface area (Å²) in [5.74, 6) is 0.0961. The van der Waals surface area contributed by atoms with Crippen LogP contribution in [0.15, 0.2) is 24.8 Å². The monoisotopic (exact) mass is 306 g/mol. The van der Waals surface area contributed by atoms with Crippen LogP contribution in [0, 0.1) is 11.3 Å². The standard InChI is InChI=1S/C16H14N6O/c17-4-1-13(23)22-6-3-10(8-22)15-14-11-2-5-18-16(11)19-7-12(14)20-9-21-15/h2,5,7,9-10H,1,3,6,8H2,(H,20,21). The third-order valence-electron chi connectivity index (χ3n) is 4.39. The number of nitrogens with one attached hydrogen (secondary N) is 1. The van der Waals surface area contributed by atoms with Gasteiger partial charge in [-0.2, -0.15) is 5.26 Å². The van der Waals surface area contributed by atoms with E-state index in [0.717, 1.165) is 28.4 Å². The summed E-state index contributed by atoms with van der Waals surface area (Å²) < 4.78 is 0. The van der Waals surface area contributed by atoms with Crippen LogP contribution in [0.2, 0.25) is 0 Å². The lowest BCUT2D eigenvalue weighted by atomic mass is 9.99. The molecule has 7 nitrogen and oxygen atoms in total. The average molecular weight is 306 g/mol. The Morgan fingerprint density at radius 2 is 2.35 bits per heavy atom. The molecule has 4 heterocycles. The molecule has 4 rings (SSSR count). The van der Waals surface area contributed by atoms with Gasteiger partial charge in [-0.05, 0) is 12.5 Å². The van der Waals surface area contributed by atoms with Gasteiger partial charge in [0.25, 0.3) is 0 Å². The molecule has 3 aromatic heterocycles. The molecule has 3 aromatic rings. The number of likely N-dealkylation sites (tertiary alicyclic amines) is 1. The molecule has 1 amide bonds. The highest BCUT2D eigenvalue weighted by molar-refractivity contribution is 6.04. The van der Waals surface area contributed by atoms with Crippen LogP contribution in [0.4, 0.5) is 0 Å². The number of carbonyl (C=O) groups is 1. The van der Waals surface area contributed by atoms with Crippen molar-refractivity contribution in [3.8, 4) is 6.07 Å². The molecule has 114 valence electrons. The second-order valence-electron chi connectivity index (χ2n) is 5.68. The van der Waals surface area contributed by atoms with Crippen molar-refractivity contribution >= 4 is 27.8 Å². The number of aromatic nitrogens is 4. The third kappa shape index (κ3) is 2.19. The summed E-state index contributed by atoms with van der Waals surface area (Å²) in [6.07, 6.45) is 5.95. The predicted molar refractivity (Wildman–Crippen MR) is 83.4 cm³/mol. The molecule has 0 aromatic carbocycles. The number of hydrogen-bond donors (Lipinski definition) is 1. The molecule has 0 spiro atoms. The highest BCUT2D eigenvalue weighted by Crippen LogP contribution is 2.33. The number of H-pyrrole nitrogens is 1. The molecule has 0 bridgehead atoms. The molecular weight excluding hydrogens is 292 g/mol. The van der Waals surface area contributed by atoms with E-state index in [4.69, 9.17) is 5.26 Å². The fraction of sp³-hybridized carbons (Fsp3) is 0.312. The average Bonchev–Trinajstić information content (AvgIpc) is 3.23. The minimum absolute atomic E-state index is 0.0610. The van der Waals surface area contributed by atoms with Gasteiger partial charge in [0.2, 0.25) is 5.91 Å². The van der Waals surface area contributed by atoms with Crippen molar-refractivity contribution in [1.82, 2.24) is 24.8 Å². The SMILES string of the molecule is N#CCC(=O)N1CCC(c2[nH]cnc3cnc4nccc4c23)C1. The molecule has 1 N–H and O–H groups in total. The molecular formula is C16H14N6O. The van der Waals surface area contributed by atoms with E-state index in [1.54, 1.807) is 23.6 Å². The van der Waals surface area contributed by atoms with Gasteiger partial charge >= 0.3 is 0 Å². The van der Waals surface area contributed by atoms with Crippen molar-refractivity contribution in [2.45, 2.75) is 18.8 Å². The molecule has 1 atom stereocenters.